The molecule has 6 nitrogen and oxygen atoms in total. The number of nitrogens with zero attached hydrogens (tertiary/aromatic N) is 1. The van der Waals surface area contributed by atoms with Gasteiger partial charge in [-0.05, 0) is 69.9 Å². The second kappa shape index (κ2) is 11.1. The number of para-hydroxylation sites is 1. The van der Waals surface area contributed by atoms with E-state index in [1.807, 2.05) is 66.5 Å². The van der Waals surface area contributed by atoms with E-state index in [0.717, 1.165) is 36.7 Å². The lowest BCUT2D eigenvalue weighted by Crippen LogP contribution is -2.32. The van der Waals surface area contributed by atoms with Crippen LogP contribution in [0.25, 0.3) is 0 Å². The monoisotopic (exact) mass is 369 g/mol. The Morgan fingerprint density at radius 1 is 1.00 bits per heavy atom. The van der Waals surface area contributed by atoms with E-state index < -0.39 is 0 Å². The predicted octanol–water partition coefficient (Wildman–Crippen LogP) is 2.92. The van der Waals surface area contributed by atoms with Crippen LogP contribution in [0.3, 0.4) is 0 Å². The second-order valence-electron chi connectivity index (χ2n) is 6.46. The minimum Gasteiger partial charge on any atom is -0.457 e. The van der Waals surface area contributed by atoms with Crippen molar-refractivity contribution in [3.8, 4) is 11.5 Å². The van der Waals surface area contributed by atoms with Gasteiger partial charge in [0, 0.05) is 5.69 Å². The molecular formula is C21H27N3O3. The summed E-state index contributed by atoms with van der Waals surface area (Å²) >= 11 is 0. The first kappa shape index (κ1) is 20.6. The van der Waals surface area contributed by atoms with Gasteiger partial charge in [0.2, 0.25) is 5.91 Å². The molecule has 0 heterocycles. The molecular weight excluding hydrogens is 342 g/mol. The smallest absolute Gasteiger partial charge is 0.238 e. The normalized spacial score (nSPS) is 10.6. The number of rotatable bonds is 11. The van der Waals surface area contributed by atoms with Gasteiger partial charge in [-0.2, -0.15) is 0 Å². The molecule has 0 aliphatic heterocycles. The molecule has 0 spiro atoms. The molecule has 0 aromatic heterocycles. The number of hydrogen-bond donors (Lipinski definition) is 2. The Kier molecular flexibility index (Phi) is 8.48. The number of ether oxygens (including phenoxy) is 1. The highest BCUT2D eigenvalue weighted by Gasteiger charge is 2.07. The zero-order chi connectivity index (χ0) is 19.5. The van der Waals surface area contributed by atoms with Crippen molar-refractivity contribution in [2.24, 2.45) is 0 Å². The van der Waals surface area contributed by atoms with Crippen LogP contribution in [-0.2, 0) is 9.59 Å². The van der Waals surface area contributed by atoms with E-state index in [1.165, 1.54) is 0 Å². The van der Waals surface area contributed by atoms with Crippen molar-refractivity contribution in [1.82, 2.24) is 10.2 Å². The zero-order valence-corrected chi connectivity index (χ0v) is 15.9. The number of likely N-dealkylation sites (N-methyl/N-ethyl adjacent to an activating group) is 1. The number of Topliss-reactive ketones (excluding diaryl/α,β-unsaturated/α-hetero) is 1. The molecule has 0 saturated heterocycles. The molecule has 0 bridgehead atoms. The average molecular weight is 369 g/mol. The van der Waals surface area contributed by atoms with Crippen LogP contribution >= 0.6 is 0 Å². The third kappa shape index (κ3) is 8.48. The summed E-state index contributed by atoms with van der Waals surface area (Å²) in [5, 5.41) is 5.95. The fraction of sp³-hybridized carbons (Fsp3) is 0.333. The molecule has 0 aliphatic rings. The molecule has 27 heavy (non-hydrogen) atoms. The fourth-order valence-electron chi connectivity index (χ4n) is 2.49. The number of nitrogens with one attached hydrogen (secondary N) is 2. The molecule has 0 atom stereocenters. The summed E-state index contributed by atoms with van der Waals surface area (Å²) in [6.45, 7) is 3.81. The third-order valence-corrected chi connectivity index (χ3v) is 3.80. The van der Waals surface area contributed by atoms with Crippen molar-refractivity contribution in [1.29, 1.82) is 0 Å². The summed E-state index contributed by atoms with van der Waals surface area (Å²) in [5.74, 6) is 1.55. The van der Waals surface area contributed by atoms with Crippen LogP contribution in [-0.4, -0.2) is 49.8 Å². The summed E-state index contributed by atoms with van der Waals surface area (Å²) in [6.07, 6.45) is 0.878. The van der Waals surface area contributed by atoms with Crippen molar-refractivity contribution in [3.05, 3.63) is 54.6 Å². The van der Waals surface area contributed by atoms with Gasteiger partial charge in [0.25, 0.3) is 0 Å². The van der Waals surface area contributed by atoms with E-state index in [1.54, 1.807) is 6.92 Å². The van der Waals surface area contributed by atoms with Gasteiger partial charge in [0.05, 0.1) is 13.1 Å². The van der Waals surface area contributed by atoms with Gasteiger partial charge in [-0.3, -0.25) is 14.5 Å². The third-order valence-electron chi connectivity index (χ3n) is 3.80. The maximum Gasteiger partial charge on any atom is 0.238 e. The van der Waals surface area contributed by atoms with Crippen LogP contribution in [0.5, 0.6) is 11.5 Å². The van der Waals surface area contributed by atoms with Gasteiger partial charge in [-0.15, -0.1) is 0 Å². The maximum atomic E-state index is 12.1. The van der Waals surface area contributed by atoms with Gasteiger partial charge in [0.1, 0.15) is 17.3 Å². The van der Waals surface area contributed by atoms with Crippen LogP contribution in [0.2, 0.25) is 0 Å². The van der Waals surface area contributed by atoms with E-state index in [0.29, 0.717) is 13.1 Å². The highest BCUT2D eigenvalue weighted by molar-refractivity contribution is 5.92. The maximum absolute atomic E-state index is 12.1. The van der Waals surface area contributed by atoms with Gasteiger partial charge < -0.3 is 15.4 Å². The Bertz CT molecular complexity index is 717. The Morgan fingerprint density at radius 2 is 1.67 bits per heavy atom. The molecule has 0 fully saturated rings. The molecule has 0 saturated carbocycles. The van der Waals surface area contributed by atoms with Crippen molar-refractivity contribution in [3.63, 3.8) is 0 Å². The summed E-state index contributed by atoms with van der Waals surface area (Å²) in [5.41, 5.74) is 0.733. The Hall–Kier alpha value is -2.70. The van der Waals surface area contributed by atoms with Crippen molar-refractivity contribution in [2.45, 2.75) is 13.3 Å². The average Bonchev–Trinajstić information content (AvgIpc) is 2.63. The molecule has 6 heteroatoms. The number of anilines is 1. The van der Waals surface area contributed by atoms with E-state index in [-0.39, 0.29) is 11.7 Å². The van der Waals surface area contributed by atoms with Crippen molar-refractivity contribution < 1.29 is 14.3 Å². The highest BCUT2D eigenvalue weighted by atomic mass is 16.5. The lowest BCUT2D eigenvalue weighted by atomic mass is 10.3. The topological polar surface area (TPSA) is 70.7 Å². The van der Waals surface area contributed by atoms with E-state index >= 15 is 0 Å². The second-order valence-corrected chi connectivity index (χ2v) is 6.46. The minimum absolute atomic E-state index is 0.0640. The highest BCUT2D eigenvalue weighted by Crippen LogP contribution is 2.22. The molecule has 2 aromatic rings. The van der Waals surface area contributed by atoms with Gasteiger partial charge in [-0.25, -0.2) is 0 Å². The molecule has 2 rings (SSSR count). The summed E-state index contributed by atoms with van der Waals surface area (Å²) in [6, 6.07) is 16.8. The van der Waals surface area contributed by atoms with Gasteiger partial charge in [-0.1, -0.05) is 18.2 Å². The van der Waals surface area contributed by atoms with Crippen LogP contribution < -0.4 is 15.4 Å². The number of amides is 1. The molecule has 0 unspecified atom stereocenters. The lowest BCUT2D eigenvalue weighted by Gasteiger charge is -2.16. The largest absolute Gasteiger partial charge is 0.457 e. The number of benzene rings is 2. The standard InChI is InChI=1S/C21H27N3O3/c1-17(25)15-22-13-6-14-24(2)16-21(26)23-18-9-11-20(12-10-18)27-19-7-4-3-5-8-19/h3-5,7-12,22H,6,13-16H2,1-2H3,(H,23,26). The summed E-state index contributed by atoms with van der Waals surface area (Å²) in [4.78, 5) is 24.9. The summed E-state index contributed by atoms with van der Waals surface area (Å²) < 4.78 is 5.73. The molecule has 1 amide bonds. The molecule has 0 radical (unpaired) electrons. The zero-order valence-electron chi connectivity index (χ0n) is 15.9. The predicted molar refractivity (Wildman–Crippen MR) is 107 cm³/mol. The van der Waals surface area contributed by atoms with Crippen molar-refractivity contribution in [2.75, 3.05) is 38.5 Å². The van der Waals surface area contributed by atoms with Crippen LogP contribution in [0, 0.1) is 0 Å². The fourth-order valence-corrected chi connectivity index (χ4v) is 2.49. The number of carbonyl (C=O) groups is 2. The Morgan fingerprint density at radius 3 is 2.33 bits per heavy atom. The van der Waals surface area contributed by atoms with Crippen LogP contribution in [0.1, 0.15) is 13.3 Å². The summed E-state index contributed by atoms with van der Waals surface area (Å²) in [7, 11) is 1.90. The van der Waals surface area contributed by atoms with E-state index in [4.69, 9.17) is 4.74 Å². The molecule has 2 N–H and O–H groups in total. The quantitative estimate of drug-likeness (QED) is 0.596. The first-order valence-corrected chi connectivity index (χ1v) is 9.04. The Balaban J connectivity index is 1.69. The van der Waals surface area contributed by atoms with E-state index in [9.17, 15) is 9.59 Å². The first-order chi connectivity index (χ1) is 13.0. The first-order valence-electron chi connectivity index (χ1n) is 9.04. The van der Waals surface area contributed by atoms with Crippen LogP contribution in [0.15, 0.2) is 54.6 Å². The van der Waals surface area contributed by atoms with Crippen LogP contribution in [0.4, 0.5) is 5.69 Å². The molecule has 0 aliphatic carbocycles. The Labute approximate surface area is 160 Å². The van der Waals surface area contributed by atoms with Crippen molar-refractivity contribution >= 4 is 17.4 Å². The SMILES string of the molecule is CC(=O)CNCCCN(C)CC(=O)Nc1ccc(Oc2ccccc2)cc1. The minimum atomic E-state index is -0.0640. The number of ketones is 1. The lowest BCUT2D eigenvalue weighted by molar-refractivity contribution is -0.117. The van der Waals surface area contributed by atoms with Gasteiger partial charge in [0.15, 0.2) is 0 Å². The molecule has 2 aromatic carbocycles. The number of carbonyl (C=O) groups excluding carboxylic acids is 2. The molecule has 144 valence electrons. The number of hydrogen-bond acceptors (Lipinski definition) is 5. The van der Waals surface area contributed by atoms with E-state index in [2.05, 4.69) is 10.6 Å². The van der Waals surface area contributed by atoms with Gasteiger partial charge >= 0.3 is 0 Å².